The van der Waals surface area contributed by atoms with Crippen LogP contribution in [0.3, 0.4) is 0 Å². The fraction of sp³-hybridized carbons (Fsp3) is 0.500. The van der Waals surface area contributed by atoms with Crippen molar-refractivity contribution in [2.75, 3.05) is 6.54 Å². The third-order valence-corrected chi connectivity index (χ3v) is 2.96. The Morgan fingerprint density at radius 3 is 2.50 bits per heavy atom. The van der Waals surface area contributed by atoms with Crippen molar-refractivity contribution >= 4 is 0 Å². The molecule has 0 radical (unpaired) electrons. The van der Waals surface area contributed by atoms with E-state index < -0.39 is 0 Å². The summed E-state index contributed by atoms with van der Waals surface area (Å²) in [4.78, 5) is 0. The Morgan fingerprint density at radius 1 is 1.21 bits per heavy atom. The molecule has 0 amide bonds. The van der Waals surface area contributed by atoms with Gasteiger partial charge in [0.1, 0.15) is 5.75 Å². The maximum atomic E-state index is 9.18. The van der Waals surface area contributed by atoms with E-state index in [0.717, 1.165) is 12.5 Å². The Kier molecular flexibility index (Phi) is 2.73. The SMILES string of the molecule is CC1CCC(c2ccc(O)cc2)NC1. The van der Waals surface area contributed by atoms with Crippen molar-refractivity contribution in [3.8, 4) is 5.75 Å². The van der Waals surface area contributed by atoms with Gasteiger partial charge in [0, 0.05) is 6.04 Å². The summed E-state index contributed by atoms with van der Waals surface area (Å²) < 4.78 is 0. The molecule has 2 nitrogen and oxygen atoms in total. The van der Waals surface area contributed by atoms with Crippen LogP contribution >= 0.6 is 0 Å². The van der Waals surface area contributed by atoms with Crippen LogP contribution in [0.1, 0.15) is 31.4 Å². The van der Waals surface area contributed by atoms with Gasteiger partial charge in [-0.15, -0.1) is 0 Å². The molecule has 1 fully saturated rings. The number of nitrogens with one attached hydrogen (secondary N) is 1. The highest BCUT2D eigenvalue weighted by Gasteiger charge is 2.18. The molecule has 1 saturated heterocycles. The minimum absolute atomic E-state index is 0.345. The first-order valence-corrected chi connectivity index (χ1v) is 5.28. The van der Waals surface area contributed by atoms with Gasteiger partial charge in [0.15, 0.2) is 0 Å². The zero-order valence-electron chi connectivity index (χ0n) is 8.53. The minimum atomic E-state index is 0.345. The molecule has 0 spiro atoms. The van der Waals surface area contributed by atoms with Crippen LogP contribution in [0.4, 0.5) is 0 Å². The normalized spacial score (nSPS) is 27.5. The highest BCUT2D eigenvalue weighted by atomic mass is 16.3. The molecule has 1 aliphatic rings. The number of piperidine rings is 1. The van der Waals surface area contributed by atoms with E-state index >= 15 is 0 Å². The van der Waals surface area contributed by atoms with Crippen LogP contribution < -0.4 is 5.32 Å². The summed E-state index contributed by atoms with van der Waals surface area (Å²) in [7, 11) is 0. The quantitative estimate of drug-likeness (QED) is 0.714. The summed E-state index contributed by atoms with van der Waals surface area (Å²) in [6.07, 6.45) is 2.49. The van der Waals surface area contributed by atoms with Gasteiger partial charge in [0.25, 0.3) is 0 Å². The fourth-order valence-corrected chi connectivity index (χ4v) is 1.99. The Morgan fingerprint density at radius 2 is 1.93 bits per heavy atom. The van der Waals surface area contributed by atoms with Crippen molar-refractivity contribution in [2.24, 2.45) is 5.92 Å². The van der Waals surface area contributed by atoms with Crippen LogP contribution in [-0.4, -0.2) is 11.7 Å². The first kappa shape index (κ1) is 9.53. The molecule has 1 aliphatic heterocycles. The molecule has 76 valence electrons. The molecule has 1 heterocycles. The molecule has 0 aromatic heterocycles. The standard InChI is InChI=1S/C12H17NO/c1-9-2-7-12(13-8-9)10-3-5-11(14)6-4-10/h3-6,9,12-14H,2,7-8H2,1H3. The minimum Gasteiger partial charge on any atom is -0.508 e. The monoisotopic (exact) mass is 191 g/mol. The van der Waals surface area contributed by atoms with E-state index in [1.165, 1.54) is 18.4 Å². The number of benzene rings is 1. The third-order valence-electron chi connectivity index (χ3n) is 2.96. The molecule has 2 rings (SSSR count). The van der Waals surface area contributed by atoms with Gasteiger partial charge in [-0.3, -0.25) is 0 Å². The van der Waals surface area contributed by atoms with Gasteiger partial charge in [0.05, 0.1) is 0 Å². The third kappa shape index (κ3) is 2.07. The Bertz CT molecular complexity index is 286. The smallest absolute Gasteiger partial charge is 0.115 e. The van der Waals surface area contributed by atoms with Crippen molar-refractivity contribution in [3.63, 3.8) is 0 Å². The predicted molar refractivity (Wildman–Crippen MR) is 57.2 cm³/mol. The molecule has 2 N–H and O–H groups in total. The average molecular weight is 191 g/mol. The summed E-state index contributed by atoms with van der Waals surface area (Å²) in [5.41, 5.74) is 1.29. The van der Waals surface area contributed by atoms with Crippen molar-refractivity contribution in [1.29, 1.82) is 0 Å². The van der Waals surface area contributed by atoms with Crippen LogP contribution in [0.25, 0.3) is 0 Å². The number of hydrogen-bond donors (Lipinski definition) is 2. The van der Waals surface area contributed by atoms with Gasteiger partial charge in [-0.2, -0.15) is 0 Å². The van der Waals surface area contributed by atoms with Crippen LogP contribution in [0.2, 0.25) is 0 Å². The van der Waals surface area contributed by atoms with Crippen LogP contribution in [0.15, 0.2) is 24.3 Å². The summed E-state index contributed by atoms with van der Waals surface area (Å²) >= 11 is 0. The van der Waals surface area contributed by atoms with Crippen molar-refractivity contribution in [3.05, 3.63) is 29.8 Å². The summed E-state index contributed by atoms with van der Waals surface area (Å²) in [5.74, 6) is 1.14. The predicted octanol–water partition coefficient (Wildman–Crippen LogP) is 2.45. The lowest BCUT2D eigenvalue weighted by atomic mass is 9.92. The Hall–Kier alpha value is -1.02. The summed E-state index contributed by atoms with van der Waals surface area (Å²) in [5, 5.41) is 12.7. The van der Waals surface area contributed by atoms with Gasteiger partial charge in [0.2, 0.25) is 0 Å². The first-order chi connectivity index (χ1) is 6.75. The lowest BCUT2D eigenvalue weighted by Crippen LogP contribution is -2.31. The number of phenolic OH excluding ortho intramolecular Hbond substituents is 1. The molecule has 2 atom stereocenters. The Balaban J connectivity index is 2.05. The summed E-state index contributed by atoms with van der Waals surface area (Å²) in [6, 6.07) is 8.00. The fourth-order valence-electron chi connectivity index (χ4n) is 1.99. The molecule has 0 bridgehead atoms. The highest BCUT2D eigenvalue weighted by Crippen LogP contribution is 2.26. The number of aromatic hydroxyl groups is 1. The molecule has 2 heteroatoms. The van der Waals surface area contributed by atoms with Gasteiger partial charge in [-0.25, -0.2) is 0 Å². The molecular formula is C12H17NO. The molecule has 0 saturated carbocycles. The molecule has 1 aromatic carbocycles. The number of hydrogen-bond acceptors (Lipinski definition) is 2. The van der Waals surface area contributed by atoms with Crippen LogP contribution in [0.5, 0.6) is 5.75 Å². The van der Waals surface area contributed by atoms with Gasteiger partial charge in [-0.05, 0) is 43.0 Å². The van der Waals surface area contributed by atoms with E-state index in [1.54, 1.807) is 12.1 Å². The zero-order chi connectivity index (χ0) is 9.97. The molecule has 1 aromatic rings. The van der Waals surface area contributed by atoms with E-state index in [9.17, 15) is 5.11 Å². The summed E-state index contributed by atoms with van der Waals surface area (Å²) in [6.45, 7) is 3.38. The lowest BCUT2D eigenvalue weighted by Gasteiger charge is -2.28. The molecule has 14 heavy (non-hydrogen) atoms. The maximum Gasteiger partial charge on any atom is 0.115 e. The van der Waals surface area contributed by atoms with Gasteiger partial charge < -0.3 is 10.4 Å². The average Bonchev–Trinajstić information content (AvgIpc) is 2.21. The first-order valence-electron chi connectivity index (χ1n) is 5.28. The van der Waals surface area contributed by atoms with E-state index in [0.29, 0.717) is 11.8 Å². The van der Waals surface area contributed by atoms with E-state index in [2.05, 4.69) is 12.2 Å². The zero-order valence-corrected chi connectivity index (χ0v) is 8.53. The van der Waals surface area contributed by atoms with Crippen molar-refractivity contribution in [2.45, 2.75) is 25.8 Å². The second-order valence-corrected chi connectivity index (χ2v) is 4.23. The van der Waals surface area contributed by atoms with Crippen molar-refractivity contribution in [1.82, 2.24) is 5.32 Å². The lowest BCUT2D eigenvalue weighted by molar-refractivity contribution is 0.333. The van der Waals surface area contributed by atoms with Crippen LogP contribution in [-0.2, 0) is 0 Å². The van der Waals surface area contributed by atoms with Crippen molar-refractivity contribution < 1.29 is 5.11 Å². The second kappa shape index (κ2) is 4.01. The van der Waals surface area contributed by atoms with E-state index in [-0.39, 0.29) is 0 Å². The molecular weight excluding hydrogens is 174 g/mol. The van der Waals surface area contributed by atoms with Gasteiger partial charge in [-0.1, -0.05) is 19.1 Å². The number of phenols is 1. The van der Waals surface area contributed by atoms with E-state index in [4.69, 9.17) is 0 Å². The second-order valence-electron chi connectivity index (χ2n) is 4.23. The largest absolute Gasteiger partial charge is 0.508 e. The molecule has 0 aliphatic carbocycles. The Labute approximate surface area is 85.0 Å². The maximum absolute atomic E-state index is 9.18. The van der Waals surface area contributed by atoms with E-state index in [1.807, 2.05) is 12.1 Å². The highest BCUT2D eigenvalue weighted by molar-refractivity contribution is 5.28. The van der Waals surface area contributed by atoms with Gasteiger partial charge >= 0.3 is 0 Å². The number of rotatable bonds is 1. The topological polar surface area (TPSA) is 32.3 Å². The molecule has 2 unspecified atom stereocenters. The van der Waals surface area contributed by atoms with Crippen LogP contribution in [0, 0.1) is 5.92 Å².